The molecule has 4 heteroatoms. The average molecular weight is 237 g/mol. The average Bonchev–Trinajstić information content (AvgIpc) is 2.27. The summed E-state index contributed by atoms with van der Waals surface area (Å²) < 4.78 is 0. The second kappa shape index (κ2) is 5.08. The van der Waals surface area contributed by atoms with E-state index in [2.05, 4.69) is 35.8 Å². The van der Waals surface area contributed by atoms with Crippen LogP contribution in [-0.4, -0.2) is 31.1 Å². The molecule has 0 bridgehead atoms. The molecule has 0 radical (unpaired) electrons. The SMILES string of the molecule is Cc1c(N)cc(S)cc1CN1CCNCC1. The van der Waals surface area contributed by atoms with Gasteiger partial charge in [0.05, 0.1) is 0 Å². The highest BCUT2D eigenvalue weighted by Gasteiger charge is 2.12. The highest BCUT2D eigenvalue weighted by molar-refractivity contribution is 7.80. The van der Waals surface area contributed by atoms with Gasteiger partial charge >= 0.3 is 0 Å². The number of benzene rings is 1. The Bertz CT molecular complexity index is 373. The van der Waals surface area contributed by atoms with E-state index >= 15 is 0 Å². The molecule has 1 saturated heterocycles. The van der Waals surface area contributed by atoms with Gasteiger partial charge in [0.15, 0.2) is 0 Å². The number of piperazine rings is 1. The Hall–Kier alpha value is -0.710. The molecule has 0 aromatic heterocycles. The zero-order valence-electron chi connectivity index (χ0n) is 9.66. The highest BCUT2D eigenvalue weighted by Crippen LogP contribution is 2.22. The Morgan fingerprint density at radius 1 is 1.38 bits per heavy atom. The van der Waals surface area contributed by atoms with Crippen LogP contribution in [0.15, 0.2) is 17.0 Å². The second-order valence-electron chi connectivity index (χ2n) is 4.35. The van der Waals surface area contributed by atoms with E-state index in [-0.39, 0.29) is 0 Å². The molecule has 1 heterocycles. The van der Waals surface area contributed by atoms with Crippen molar-refractivity contribution in [2.24, 2.45) is 0 Å². The van der Waals surface area contributed by atoms with E-state index < -0.39 is 0 Å². The lowest BCUT2D eigenvalue weighted by Crippen LogP contribution is -2.43. The molecule has 0 unspecified atom stereocenters. The Kier molecular flexibility index (Phi) is 3.74. The maximum absolute atomic E-state index is 5.95. The van der Waals surface area contributed by atoms with Crippen molar-refractivity contribution in [2.75, 3.05) is 31.9 Å². The zero-order chi connectivity index (χ0) is 11.5. The van der Waals surface area contributed by atoms with E-state index in [1.54, 1.807) is 0 Å². The summed E-state index contributed by atoms with van der Waals surface area (Å²) in [5.74, 6) is 0. The molecule has 1 aliphatic heterocycles. The Balaban J connectivity index is 2.13. The van der Waals surface area contributed by atoms with Gasteiger partial charge in [-0.2, -0.15) is 0 Å². The minimum atomic E-state index is 0.845. The summed E-state index contributed by atoms with van der Waals surface area (Å²) in [6, 6.07) is 4.04. The predicted octanol–water partition coefficient (Wildman–Crippen LogP) is 1.27. The number of hydrogen-bond acceptors (Lipinski definition) is 4. The third-order valence-corrected chi connectivity index (χ3v) is 3.40. The third-order valence-electron chi connectivity index (χ3n) is 3.14. The van der Waals surface area contributed by atoms with Gasteiger partial charge in [0.25, 0.3) is 0 Å². The number of anilines is 1. The third kappa shape index (κ3) is 2.70. The molecule has 3 nitrogen and oxygen atoms in total. The van der Waals surface area contributed by atoms with Crippen LogP contribution in [0.1, 0.15) is 11.1 Å². The van der Waals surface area contributed by atoms with Gasteiger partial charge in [0.1, 0.15) is 0 Å². The Morgan fingerprint density at radius 3 is 2.75 bits per heavy atom. The standard InChI is InChI=1S/C12H19N3S/c1-9-10(6-11(16)7-12(9)13)8-15-4-2-14-3-5-15/h6-7,14,16H,2-5,8,13H2,1H3. The smallest absolute Gasteiger partial charge is 0.0358 e. The van der Waals surface area contributed by atoms with Crippen molar-refractivity contribution in [1.29, 1.82) is 0 Å². The summed E-state index contributed by atoms with van der Waals surface area (Å²) in [5.41, 5.74) is 9.28. The molecule has 0 spiro atoms. The van der Waals surface area contributed by atoms with Gasteiger partial charge in [-0.3, -0.25) is 4.90 Å². The minimum absolute atomic E-state index is 0.845. The van der Waals surface area contributed by atoms with Crippen LogP contribution in [0, 0.1) is 6.92 Å². The number of nitrogen functional groups attached to an aromatic ring is 1. The molecule has 1 fully saturated rings. The predicted molar refractivity (Wildman–Crippen MR) is 71.0 cm³/mol. The largest absolute Gasteiger partial charge is 0.398 e. The lowest BCUT2D eigenvalue weighted by molar-refractivity contribution is 0.233. The molecule has 2 rings (SSSR count). The highest BCUT2D eigenvalue weighted by atomic mass is 32.1. The monoisotopic (exact) mass is 237 g/mol. The summed E-state index contributed by atoms with van der Waals surface area (Å²) in [6.07, 6.45) is 0. The zero-order valence-corrected chi connectivity index (χ0v) is 10.6. The van der Waals surface area contributed by atoms with Crippen LogP contribution >= 0.6 is 12.6 Å². The van der Waals surface area contributed by atoms with Crippen molar-refractivity contribution >= 4 is 18.3 Å². The molecule has 0 amide bonds. The number of hydrogen-bond donors (Lipinski definition) is 3. The molecule has 0 atom stereocenters. The van der Waals surface area contributed by atoms with Gasteiger partial charge in [0, 0.05) is 43.3 Å². The molecule has 1 aromatic rings. The number of rotatable bonds is 2. The summed E-state index contributed by atoms with van der Waals surface area (Å²) in [7, 11) is 0. The second-order valence-corrected chi connectivity index (χ2v) is 4.86. The van der Waals surface area contributed by atoms with Crippen LogP contribution in [-0.2, 0) is 6.54 Å². The van der Waals surface area contributed by atoms with Crippen LogP contribution in [0.5, 0.6) is 0 Å². The Labute approximate surface area is 102 Å². The van der Waals surface area contributed by atoms with E-state index in [9.17, 15) is 0 Å². The normalized spacial score (nSPS) is 17.6. The van der Waals surface area contributed by atoms with Gasteiger partial charge in [0.2, 0.25) is 0 Å². The summed E-state index contributed by atoms with van der Waals surface area (Å²) in [6.45, 7) is 7.43. The quantitative estimate of drug-likeness (QED) is 0.536. The van der Waals surface area contributed by atoms with E-state index in [1.165, 1.54) is 11.1 Å². The number of nitrogens with two attached hydrogens (primary N) is 1. The Morgan fingerprint density at radius 2 is 2.06 bits per heavy atom. The molecule has 16 heavy (non-hydrogen) atoms. The fourth-order valence-corrected chi connectivity index (χ4v) is 2.35. The van der Waals surface area contributed by atoms with Crippen LogP contribution in [0.3, 0.4) is 0 Å². The maximum atomic E-state index is 5.95. The van der Waals surface area contributed by atoms with Crippen molar-refractivity contribution in [1.82, 2.24) is 10.2 Å². The first-order chi connectivity index (χ1) is 7.66. The van der Waals surface area contributed by atoms with E-state index in [1.807, 2.05) is 6.07 Å². The number of nitrogens with zero attached hydrogens (tertiary/aromatic N) is 1. The van der Waals surface area contributed by atoms with Crippen LogP contribution < -0.4 is 11.1 Å². The maximum Gasteiger partial charge on any atom is 0.0358 e. The van der Waals surface area contributed by atoms with Gasteiger partial charge in [-0.05, 0) is 30.2 Å². The first kappa shape index (κ1) is 11.8. The molecule has 3 N–H and O–H groups in total. The van der Waals surface area contributed by atoms with Gasteiger partial charge < -0.3 is 11.1 Å². The van der Waals surface area contributed by atoms with Crippen molar-refractivity contribution < 1.29 is 0 Å². The minimum Gasteiger partial charge on any atom is -0.398 e. The van der Waals surface area contributed by atoms with Gasteiger partial charge in [-0.15, -0.1) is 12.6 Å². The van der Waals surface area contributed by atoms with Crippen molar-refractivity contribution in [2.45, 2.75) is 18.4 Å². The molecule has 88 valence electrons. The fraction of sp³-hybridized carbons (Fsp3) is 0.500. The van der Waals surface area contributed by atoms with Crippen LogP contribution in [0.2, 0.25) is 0 Å². The molecule has 0 aliphatic carbocycles. The molecule has 1 aliphatic rings. The van der Waals surface area contributed by atoms with Crippen LogP contribution in [0.25, 0.3) is 0 Å². The number of nitrogens with one attached hydrogen (secondary N) is 1. The number of thiol groups is 1. The van der Waals surface area contributed by atoms with Gasteiger partial charge in [-0.25, -0.2) is 0 Å². The summed E-state index contributed by atoms with van der Waals surface area (Å²) >= 11 is 4.38. The first-order valence-electron chi connectivity index (χ1n) is 5.68. The topological polar surface area (TPSA) is 41.3 Å². The van der Waals surface area contributed by atoms with Crippen LogP contribution in [0.4, 0.5) is 5.69 Å². The van der Waals surface area contributed by atoms with E-state index in [0.29, 0.717) is 0 Å². The lowest BCUT2D eigenvalue weighted by atomic mass is 10.1. The molecular formula is C12H19N3S. The lowest BCUT2D eigenvalue weighted by Gasteiger charge is -2.28. The molecule has 0 saturated carbocycles. The van der Waals surface area contributed by atoms with E-state index in [0.717, 1.165) is 43.3 Å². The van der Waals surface area contributed by atoms with Crippen molar-refractivity contribution in [3.05, 3.63) is 23.3 Å². The summed E-state index contributed by atoms with van der Waals surface area (Å²) in [4.78, 5) is 3.40. The van der Waals surface area contributed by atoms with Crippen molar-refractivity contribution in [3.8, 4) is 0 Å². The molecular weight excluding hydrogens is 218 g/mol. The summed E-state index contributed by atoms with van der Waals surface area (Å²) in [5, 5.41) is 3.36. The molecule has 1 aromatic carbocycles. The fourth-order valence-electron chi connectivity index (χ4n) is 2.06. The van der Waals surface area contributed by atoms with Crippen molar-refractivity contribution in [3.63, 3.8) is 0 Å². The van der Waals surface area contributed by atoms with E-state index in [4.69, 9.17) is 5.73 Å². The van der Waals surface area contributed by atoms with Gasteiger partial charge in [-0.1, -0.05) is 0 Å². The first-order valence-corrected chi connectivity index (χ1v) is 6.12.